The van der Waals surface area contributed by atoms with Crippen molar-refractivity contribution in [2.24, 2.45) is 0 Å². The van der Waals surface area contributed by atoms with Gasteiger partial charge in [-0.15, -0.1) is 28.1 Å². The Morgan fingerprint density at radius 2 is 2.03 bits per heavy atom. The third kappa shape index (κ3) is 4.17. The molecule has 2 heterocycles. The molecule has 0 fully saturated rings. The van der Waals surface area contributed by atoms with Gasteiger partial charge in [0.2, 0.25) is 5.91 Å². The van der Waals surface area contributed by atoms with Crippen LogP contribution in [0.15, 0.2) is 65.7 Å². The van der Waals surface area contributed by atoms with Crippen LogP contribution >= 0.6 is 23.1 Å². The number of carbonyl (C=O) groups is 1. The van der Waals surface area contributed by atoms with Crippen LogP contribution in [0.2, 0.25) is 0 Å². The second-order valence-corrected chi connectivity index (χ2v) is 8.84. The van der Waals surface area contributed by atoms with Gasteiger partial charge < -0.3 is 5.32 Å². The summed E-state index contributed by atoms with van der Waals surface area (Å²) in [4.78, 5) is 12.5. The number of anilines is 1. The van der Waals surface area contributed by atoms with E-state index in [9.17, 15) is 4.79 Å². The van der Waals surface area contributed by atoms with E-state index < -0.39 is 0 Å². The first-order valence-corrected chi connectivity index (χ1v) is 11.4. The van der Waals surface area contributed by atoms with Crippen LogP contribution in [-0.2, 0) is 11.3 Å². The van der Waals surface area contributed by atoms with Crippen molar-refractivity contribution in [3.8, 4) is 11.4 Å². The smallest absolute Gasteiger partial charge is 0.234 e. The van der Waals surface area contributed by atoms with Gasteiger partial charge in [0.1, 0.15) is 0 Å². The quantitative estimate of drug-likeness (QED) is 0.300. The number of nitrogens with one attached hydrogen (secondary N) is 1. The number of thiophene rings is 1. The molecule has 0 unspecified atom stereocenters. The van der Waals surface area contributed by atoms with Crippen molar-refractivity contribution in [3.63, 3.8) is 0 Å². The molecule has 1 amide bonds. The Balaban J connectivity index is 1.52. The molecule has 0 aliphatic heterocycles. The average molecular weight is 435 g/mol. The summed E-state index contributed by atoms with van der Waals surface area (Å²) in [5.41, 5.74) is 4.21. The number of benzene rings is 2. The molecule has 0 atom stereocenters. The van der Waals surface area contributed by atoms with Crippen LogP contribution in [-0.4, -0.2) is 26.4 Å². The maximum atomic E-state index is 12.5. The molecule has 0 aliphatic rings. The minimum atomic E-state index is -0.0704. The molecule has 152 valence electrons. The second kappa shape index (κ2) is 8.85. The number of hydrogen-bond donors (Lipinski definition) is 1. The zero-order valence-corrected chi connectivity index (χ0v) is 18.5. The lowest BCUT2D eigenvalue weighted by atomic mass is 10.1. The van der Waals surface area contributed by atoms with E-state index >= 15 is 0 Å². The number of nitrogens with zero attached hydrogens (tertiary/aromatic N) is 3. The Kier molecular flexibility index (Phi) is 6.01. The summed E-state index contributed by atoms with van der Waals surface area (Å²) in [5.74, 6) is 0.982. The van der Waals surface area contributed by atoms with Crippen LogP contribution in [0.5, 0.6) is 0 Å². The maximum Gasteiger partial charge on any atom is 0.234 e. The molecule has 0 radical (unpaired) electrons. The zero-order valence-electron chi connectivity index (χ0n) is 16.9. The first-order valence-electron chi connectivity index (χ1n) is 9.57. The van der Waals surface area contributed by atoms with Crippen molar-refractivity contribution in [3.05, 3.63) is 71.6 Å². The highest BCUT2D eigenvalue weighted by Crippen LogP contribution is 2.34. The molecule has 0 bridgehead atoms. The Morgan fingerprint density at radius 1 is 1.20 bits per heavy atom. The van der Waals surface area contributed by atoms with E-state index in [-0.39, 0.29) is 11.7 Å². The van der Waals surface area contributed by atoms with Gasteiger partial charge >= 0.3 is 0 Å². The van der Waals surface area contributed by atoms with Crippen LogP contribution in [0, 0.1) is 13.8 Å². The Hall–Kier alpha value is -2.90. The lowest BCUT2D eigenvalue weighted by molar-refractivity contribution is -0.113. The van der Waals surface area contributed by atoms with E-state index in [0.717, 1.165) is 28.0 Å². The normalized spacial score (nSPS) is 11.0. The molecule has 1 N–H and O–H groups in total. The number of rotatable bonds is 7. The summed E-state index contributed by atoms with van der Waals surface area (Å²) >= 11 is 3.07. The minimum Gasteiger partial charge on any atom is -0.325 e. The van der Waals surface area contributed by atoms with E-state index in [1.807, 2.05) is 47.9 Å². The highest BCUT2D eigenvalue weighted by atomic mass is 32.2. The van der Waals surface area contributed by atoms with Crippen molar-refractivity contribution in [1.29, 1.82) is 0 Å². The average Bonchev–Trinajstić information content (AvgIpc) is 3.33. The van der Waals surface area contributed by atoms with Crippen LogP contribution in [0.4, 0.5) is 5.69 Å². The number of aryl methyl sites for hydroxylation is 2. The van der Waals surface area contributed by atoms with Crippen molar-refractivity contribution >= 4 is 44.8 Å². The van der Waals surface area contributed by atoms with Crippen LogP contribution < -0.4 is 5.32 Å². The minimum absolute atomic E-state index is 0.0704. The molecule has 2 aromatic carbocycles. The third-order valence-corrected chi connectivity index (χ3v) is 6.80. The number of aromatic nitrogens is 3. The van der Waals surface area contributed by atoms with Gasteiger partial charge in [0.25, 0.3) is 0 Å². The highest BCUT2D eigenvalue weighted by molar-refractivity contribution is 7.99. The first kappa shape index (κ1) is 20.4. The van der Waals surface area contributed by atoms with E-state index in [1.54, 1.807) is 11.3 Å². The number of hydrogen-bond acceptors (Lipinski definition) is 5. The fraction of sp³-hybridized carbons (Fsp3) is 0.174. The molecule has 0 saturated heterocycles. The Bertz CT molecular complexity index is 1230. The summed E-state index contributed by atoms with van der Waals surface area (Å²) < 4.78 is 3.22. The molecule has 2 aromatic heterocycles. The highest BCUT2D eigenvalue weighted by Gasteiger charge is 2.17. The van der Waals surface area contributed by atoms with Crippen LogP contribution in [0.25, 0.3) is 21.5 Å². The van der Waals surface area contributed by atoms with Gasteiger partial charge in [-0.1, -0.05) is 42.1 Å². The van der Waals surface area contributed by atoms with E-state index in [2.05, 4.69) is 46.5 Å². The summed E-state index contributed by atoms with van der Waals surface area (Å²) in [6, 6.07) is 14.2. The molecular formula is C23H22N4OS2. The summed E-state index contributed by atoms with van der Waals surface area (Å²) in [7, 11) is 0. The molecule has 0 spiro atoms. The molecule has 0 saturated carbocycles. The predicted octanol–water partition coefficient (Wildman–Crippen LogP) is 5.69. The SMILES string of the molecule is C=CCn1c(SCC(=O)Nc2ccc(C)c(C)c2)nnc1-c1csc2ccccc12. The van der Waals surface area contributed by atoms with Crippen molar-refractivity contribution in [1.82, 2.24) is 14.8 Å². The van der Waals surface area contributed by atoms with E-state index in [1.165, 1.54) is 22.0 Å². The standard InChI is InChI=1S/C23H22N4OS2/c1-4-11-27-22(19-13-29-20-8-6-5-7-18(19)20)25-26-23(27)30-14-21(28)24-17-10-9-15(2)16(3)12-17/h4-10,12-13H,1,11,14H2,2-3H3,(H,24,28). The lowest BCUT2D eigenvalue weighted by Crippen LogP contribution is -2.14. The summed E-state index contributed by atoms with van der Waals surface area (Å²) in [6.07, 6.45) is 1.82. The molecular weight excluding hydrogens is 412 g/mol. The van der Waals surface area contributed by atoms with Gasteiger partial charge in [-0.25, -0.2) is 0 Å². The fourth-order valence-corrected chi connectivity index (χ4v) is 4.87. The first-order chi connectivity index (χ1) is 14.6. The molecule has 7 heteroatoms. The Morgan fingerprint density at radius 3 is 2.83 bits per heavy atom. The van der Waals surface area contributed by atoms with Gasteiger partial charge in [-0.2, -0.15) is 0 Å². The van der Waals surface area contributed by atoms with Crippen molar-refractivity contribution < 1.29 is 4.79 Å². The largest absolute Gasteiger partial charge is 0.325 e. The number of thioether (sulfide) groups is 1. The number of fused-ring (bicyclic) bond motifs is 1. The topological polar surface area (TPSA) is 59.8 Å². The van der Waals surface area contributed by atoms with Gasteiger partial charge in [0.05, 0.1) is 5.75 Å². The number of allylic oxidation sites excluding steroid dienone is 1. The van der Waals surface area contributed by atoms with Gasteiger partial charge in [-0.3, -0.25) is 9.36 Å². The molecule has 5 nitrogen and oxygen atoms in total. The fourth-order valence-electron chi connectivity index (χ4n) is 3.19. The lowest BCUT2D eigenvalue weighted by Gasteiger charge is -2.09. The molecule has 30 heavy (non-hydrogen) atoms. The Labute approximate surface area is 183 Å². The van der Waals surface area contributed by atoms with Gasteiger partial charge in [0, 0.05) is 33.3 Å². The van der Waals surface area contributed by atoms with Crippen molar-refractivity contribution in [2.75, 3.05) is 11.1 Å². The molecule has 4 aromatic rings. The monoisotopic (exact) mass is 434 g/mol. The number of amides is 1. The summed E-state index contributed by atoms with van der Waals surface area (Å²) in [5, 5.41) is 15.7. The molecule has 0 aliphatic carbocycles. The predicted molar refractivity (Wildman–Crippen MR) is 126 cm³/mol. The van der Waals surface area contributed by atoms with E-state index in [0.29, 0.717) is 11.7 Å². The van der Waals surface area contributed by atoms with Gasteiger partial charge in [0.15, 0.2) is 11.0 Å². The second-order valence-electron chi connectivity index (χ2n) is 6.99. The zero-order chi connectivity index (χ0) is 21.1. The van der Waals surface area contributed by atoms with Crippen molar-refractivity contribution in [2.45, 2.75) is 25.5 Å². The molecule has 4 rings (SSSR count). The van der Waals surface area contributed by atoms with Crippen LogP contribution in [0.3, 0.4) is 0 Å². The maximum absolute atomic E-state index is 12.5. The third-order valence-electron chi connectivity index (χ3n) is 4.87. The van der Waals surface area contributed by atoms with E-state index in [4.69, 9.17) is 0 Å². The van der Waals surface area contributed by atoms with Crippen LogP contribution in [0.1, 0.15) is 11.1 Å². The van der Waals surface area contributed by atoms with Gasteiger partial charge in [-0.05, 0) is 43.2 Å². The number of carbonyl (C=O) groups excluding carboxylic acids is 1. The summed E-state index contributed by atoms with van der Waals surface area (Å²) in [6.45, 7) is 8.53.